The van der Waals surface area contributed by atoms with Gasteiger partial charge in [-0.3, -0.25) is 4.90 Å². The highest BCUT2D eigenvalue weighted by Crippen LogP contribution is 2.22. The van der Waals surface area contributed by atoms with E-state index < -0.39 is 0 Å². The number of hydrogen-bond donors (Lipinski definition) is 1. The fourth-order valence-electron chi connectivity index (χ4n) is 2.50. The average Bonchev–Trinajstić information content (AvgIpc) is 2.28. The van der Waals surface area contributed by atoms with Gasteiger partial charge in [-0.1, -0.05) is 0 Å². The van der Waals surface area contributed by atoms with Crippen LogP contribution in [0.25, 0.3) is 0 Å². The van der Waals surface area contributed by atoms with E-state index >= 15 is 0 Å². The van der Waals surface area contributed by atoms with Crippen molar-refractivity contribution in [1.82, 2.24) is 15.1 Å². The number of piperazine rings is 1. The van der Waals surface area contributed by atoms with E-state index in [0.29, 0.717) is 0 Å². The van der Waals surface area contributed by atoms with E-state index in [0.717, 1.165) is 32.1 Å². The van der Waals surface area contributed by atoms with Crippen LogP contribution < -0.4 is 5.32 Å². The normalized spacial score (nSPS) is 24.3. The highest BCUT2D eigenvalue weighted by molar-refractivity contribution is 4.95. The zero-order chi connectivity index (χ0) is 12.3. The van der Waals surface area contributed by atoms with E-state index in [4.69, 9.17) is 5.26 Å². The molecule has 96 valence electrons. The maximum Gasteiger partial charge on any atom is 0.0684 e. The molecule has 2 rings (SSSR count). The molecule has 0 amide bonds. The van der Waals surface area contributed by atoms with Crippen molar-refractivity contribution in [2.24, 2.45) is 5.41 Å². The Hall–Kier alpha value is -0.630. The molecule has 0 aromatic heterocycles. The van der Waals surface area contributed by atoms with Gasteiger partial charge in [0.15, 0.2) is 0 Å². The summed E-state index contributed by atoms with van der Waals surface area (Å²) in [6.07, 6.45) is 0.984. The molecule has 2 fully saturated rings. The molecule has 2 saturated heterocycles. The summed E-state index contributed by atoms with van der Waals surface area (Å²) in [5.41, 5.74) is -0.167. The summed E-state index contributed by atoms with van der Waals surface area (Å²) in [5, 5.41) is 12.4. The highest BCUT2D eigenvalue weighted by atomic mass is 15.3. The predicted octanol–water partition coefficient (Wildman–Crippen LogP) is 0.516. The fraction of sp³-hybridized carbons (Fsp3) is 0.923. The molecule has 2 aliphatic heterocycles. The van der Waals surface area contributed by atoms with Crippen LogP contribution in [0.5, 0.6) is 0 Å². The lowest BCUT2D eigenvalue weighted by Gasteiger charge is -2.47. The Morgan fingerprint density at radius 2 is 1.94 bits per heavy atom. The van der Waals surface area contributed by atoms with Crippen LogP contribution in [0.15, 0.2) is 0 Å². The molecular formula is C13H24N4. The van der Waals surface area contributed by atoms with E-state index in [-0.39, 0.29) is 5.41 Å². The molecule has 0 saturated carbocycles. The molecule has 0 aromatic carbocycles. The number of hydrogen-bond acceptors (Lipinski definition) is 4. The van der Waals surface area contributed by atoms with Crippen LogP contribution in [-0.2, 0) is 0 Å². The predicted molar refractivity (Wildman–Crippen MR) is 68.7 cm³/mol. The van der Waals surface area contributed by atoms with Crippen LogP contribution in [0, 0.1) is 16.7 Å². The third-order valence-corrected chi connectivity index (χ3v) is 3.96. The molecule has 2 heterocycles. The minimum atomic E-state index is -0.167. The Bertz CT molecular complexity index is 282. The van der Waals surface area contributed by atoms with Crippen molar-refractivity contribution < 1.29 is 0 Å². The van der Waals surface area contributed by atoms with Gasteiger partial charge in [0.05, 0.1) is 11.5 Å². The van der Waals surface area contributed by atoms with E-state index in [1.54, 1.807) is 0 Å². The lowest BCUT2D eigenvalue weighted by molar-refractivity contribution is 0.0230. The summed E-state index contributed by atoms with van der Waals surface area (Å²) in [7, 11) is 0. The molecule has 1 N–H and O–H groups in total. The second-order valence-electron chi connectivity index (χ2n) is 5.95. The van der Waals surface area contributed by atoms with Gasteiger partial charge in [-0.05, 0) is 26.8 Å². The summed E-state index contributed by atoms with van der Waals surface area (Å²) >= 11 is 0. The summed E-state index contributed by atoms with van der Waals surface area (Å²) in [6.45, 7) is 12.2. The lowest BCUT2D eigenvalue weighted by atomic mass is 9.90. The van der Waals surface area contributed by atoms with Gasteiger partial charge in [0, 0.05) is 45.3 Å². The second-order valence-corrected chi connectivity index (χ2v) is 5.95. The first-order chi connectivity index (χ1) is 8.11. The number of nitrogens with zero attached hydrogens (tertiary/aromatic N) is 3. The van der Waals surface area contributed by atoms with Crippen LogP contribution in [0.3, 0.4) is 0 Å². The molecule has 0 unspecified atom stereocenters. The molecule has 2 aliphatic rings. The standard InChI is InChI=1S/C13H24N4/c1-13(2,11-14)3-6-16-9-12(10-16)17-7-4-15-5-8-17/h12,15H,3-10H2,1-2H3. The SMILES string of the molecule is CC(C)(C#N)CCN1CC(N2CCNCC2)C1. The summed E-state index contributed by atoms with van der Waals surface area (Å²) < 4.78 is 0. The molecule has 4 nitrogen and oxygen atoms in total. The minimum Gasteiger partial charge on any atom is -0.314 e. The Labute approximate surface area is 105 Å². The molecule has 0 aromatic rings. The van der Waals surface area contributed by atoms with Crippen molar-refractivity contribution in [3.8, 4) is 6.07 Å². The van der Waals surface area contributed by atoms with Crippen LogP contribution in [0.1, 0.15) is 20.3 Å². The monoisotopic (exact) mass is 236 g/mol. The Morgan fingerprint density at radius 1 is 1.29 bits per heavy atom. The number of nitrogens with one attached hydrogen (secondary N) is 1. The van der Waals surface area contributed by atoms with Crippen molar-refractivity contribution in [3.63, 3.8) is 0 Å². The van der Waals surface area contributed by atoms with Crippen LogP contribution in [0.4, 0.5) is 0 Å². The van der Waals surface area contributed by atoms with Gasteiger partial charge in [-0.2, -0.15) is 5.26 Å². The quantitative estimate of drug-likeness (QED) is 0.772. The maximum absolute atomic E-state index is 8.97. The molecule has 0 spiro atoms. The van der Waals surface area contributed by atoms with Gasteiger partial charge in [0.25, 0.3) is 0 Å². The number of likely N-dealkylation sites (tertiary alicyclic amines) is 1. The summed E-state index contributed by atoms with van der Waals surface area (Å²) in [5.74, 6) is 0. The zero-order valence-electron chi connectivity index (χ0n) is 11.1. The molecule has 0 atom stereocenters. The first-order valence-corrected chi connectivity index (χ1v) is 6.69. The molecule has 0 radical (unpaired) electrons. The molecule has 4 heteroatoms. The Morgan fingerprint density at radius 3 is 2.53 bits per heavy atom. The van der Waals surface area contributed by atoms with Gasteiger partial charge >= 0.3 is 0 Å². The first kappa shape index (κ1) is 12.8. The summed E-state index contributed by atoms with van der Waals surface area (Å²) in [6, 6.07) is 3.14. The minimum absolute atomic E-state index is 0.167. The van der Waals surface area contributed by atoms with E-state index in [9.17, 15) is 0 Å². The second kappa shape index (κ2) is 5.34. The molecular weight excluding hydrogens is 212 g/mol. The van der Waals surface area contributed by atoms with Gasteiger partial charge in [-0.25, -0.2) is 0 Å². The zero-order valence-corrected chi connectivity index (χ0v) is 11.1. The van der Waals surface area contributed by atoms with Crippen molar-refractivity contribution >= 4 is 0 Å². The van der Waals surface area contributed by atoms with E-state index in [2.05, 4.69) is 21.2 Å². The molecule has 17 heavy (non-hydrogen) atoms. The lowest BCUT2D eigenvalue weighted by Crippen LogP contribution is -2.62. The molecule has 0 bridgehead atoms. The van der Waals surface area contributed by atoms with E-state index in [1.807, 2.05) is 13.8 Å². The van der Waals surface area contributed by atoms with Gasteiger partial charge in [0.2, 0.25) is 0 Å². The topological polar surface area (TPSA) is 42.3 Å². The first-order valence-electron chi connectivity index (χ1n) is 6.69. The van der Waals surface area contributed by atoms with Crippen molar-refractivity contribution in [3.05, 3.63) is 0 Å². The van der Waals surface area contributed by atoms with Gasteiger partial charge < -0.3 is 10.2 Å². The van der Waals surface area contributed by atoms with Crippen molar-refractivity contribution in [2.75, 3.05) is 45.8 Å². The van der Waals surface area contributed by atoms with Crippen LogP contribution in [0.2, 0.25) is 0 Å². The van der Waals surface area contributed by atoms with E-state index in [1.165, 1.54) is 26.2 Å². The number of nitriles is 1. The van der Waals surface area contributed by atoms with Gasteiger partial charge in [0.1, 0.15) is 0 Å². The maximum atomic E-state index is 8.97. The fourth-order valence-corrected chi connectivity index (χ4v) is 2.50. The largest absolute Gasteiger partial charge is 0.314 e. The van der Waals surface area contributed by atoms with Crippen molar-refractivity contribution in [2.45, 2.75) is 26.3 Å². The van der Waals surface area contributed by atoms with Gasteiger partial charge in [-0.15, -0.1) is 0 Å². The Balaban J connectivity index is 1.64. The smallest absolute Gasteiger partial charge is 0.0684 e. The highest BCUT2D eigenvalue weighted by Gasteiger charge is 2.32. The van der Waals surface area contributed by atoms with Crippen LogP contribution in [-0.4, -0.2) is 61.7 Å². The van der Waals surface area contributed by atoms with Crippen LogP contribution >= 0.6 is 0 Å². The third-order valence-electron chi connectivity index (χ3n) is 3.96. The Kier molecular flexibility index (Phi) is 4.03. The molecule has 0 aliphatic carbocycles. The number of rotatable bonds is 4. The van der Waals surface area contributed by atoms with Crippen molar-refractivity contribution in [1.29, 1.82) is 5.26 Å². The average molecular weight is 236 g/mol. The summed E-state index contributed by atoms with van der Waals surface area (Å²) in [4.78, 5) is 5.08. The third kappa shape index (κ3) is 3.41.